The molecule has 1 heterocycles. The van der Waals surface area contributed by atoms with E-state index in [-0.39, 0.29) is 31.4 Å². The molecule has 2 N–H and O–H groups in total. The number of aryl methyl sites for hydroxylation is 1. The molecule has 1 aliphatic heterocycles. The summed E-state index contributed by atoms with van der Waals surface area (Å²) in [5, 5.41) is 11.7. The molecule has 0 aliphatic carbocycles. The van der Waals surface area contributed by atoms with Gasteiger partial charge in [-0.25, -0.2) is 0 Å². The molecule has 2 amide bonds. The second-order valence-electron chi connectivity index (χ2n) is 7.41. The Bertz CT molecular complexity index is 1200. The number of nitrogens with one attached hydrogen (secondary N) is 1. The number of thiocarbonyl (C=S) groups is 1. The molecule has 0 saturated carbocycles. The molecule has 11 heteroatoms. The monoisotopic (exact) mass is 578 g/mol. The first-order valence-electron chi connectivity index (χ1n) is 10.6. The van der Waals surface area contributed by atoms with E-state index in [1.807, 2.05) is 32.0 Å². The van der Waals surface area contributed by atoms with Crippen LogP contribution in [0, 0.1) is 6.92 Å². The predicted octanol–water partition coefficient (Wildman–Crippen LogP) is 4.85. The first kappa shape index (κ1) is 26.7. The number of nitrogens with zero attached hydrogens (tertiary/aromatic N) is 1. The van der Waals surface area contributed by atoms with E-state index in [1.54, 1.807) is 24.3 Å². The van der Waals surface area contributed by atoms with Gasteiger partial charge in [-0.05, 0) is 61.4 Å². The lowest BCUT2D eigenvalue weighted by atomic mass is 10.2. The van der Waals surface area contributed by atoms with Crippen LogP contribution in [-0.2, 0) is 14.4 Å². The predicted molar refractivity (Wildman–Crippen MR) is 143 cm³/mol. The Morgan fingerprint density at radius 2 is 1.97 bits per heavy atom. The fourth-order valence-electron chi connectivity index (χ4n) is 3.15. The minimum Gasteiger partial charge on any atom is -0.490 e. The fourth-order valence-corrected chi connectivity index (χ4v) is 4.93. The molecule has 2 aromatic rings. The van der Waals surface area contributed by atoms with E-state index < -0.39 is 5.97 Å². The number of halogens is 1. The van der Waals surface area contributed by atoms with Crippen LogP contribution in [0.15, 0.2) is 45.8 Å². The number of benzene rings is 2. The lowest BCUT2D eigenvalue weighted by Crippen LogP contribution is -2.30. The van der Waals surface area contributed by atoms with E-state index in [9.17, 15) is 14.4 Å². The van der Waals surface area contributed by atoms with Crippen LogP contribution in [0.3, 0.4) is 0 Å². The fraction of sp³-hybridized carbons (Fsp3) is 0.250. The minimum atomic E-state index is -0.999. The number of rotatable bonds is 10. The maximum Gasteiger partial charge on any atom is 0.305 e. The number of carboxylic acid groups (broad SMARTS) is 1. The van der Waals surface area contributed by atoms with Gasteiger partial charge in [0.05, 0.1) is 17.9 Å². The van der Waals surface area contributed by atoms with E-state index in [0.29, 0.717) is 38.6 Å². The minimum absolute atomic E-state index is 0.0240. The quantitative estimate of drug-likeness (QED) is 0.304. The number of carbonyl (C=O) groups excluding carboxylic acids is 2. The number of carboxylic acids is 1. The van der Waals surface area contributed by atoms with Gasteiger partial charge in [-0.3, -0.25) is 19.3 Å². The van der Waals surface area contributed by atoms with E-state index in [4.69, 9.17) is 26.8 Å². The standard InChI is InChI=1S/C24H23BrN2O6S2/c1-3-32-19-11-15(12-20-23(31)27(24(34)35-20)9-8-22(29)30)4-7-18(19)33-13-21(28)26-17-6-5-16(25)10-14(17)2/h4-7,10-12H,3,8-9,13H2,1-2H3,(H,26,28)(H,29,30)/b20-12-. The van der Waals surface area contributed by atoms with Crippen LogP contribution >= 0.6 is 39.9 Å². The van der Waals surface area contributed by atoms with Crippen molar-refractivity contribution in [2.24, 2.45) is 0 Å². The lowest BCUT2D eigenvalue weighted by Gasteiger charge is -2.14. The van der Waals surface area contributed by atoms with Gasteiger partial charge in [-0.1, -0.05) is 46.0 Å². The topological polar surface area (TPSA) is 105 Å². The van der Waals surface area contributed by atoms with Crippen LogP contribution < -0.4 is 14.8 Å². The Labute approximate surface area is 220 Å². The summed E-state index contributed by atoms with van der Waals surface area (Å²) < 4.78 is 12.6. The molecule has 0 bridgehead atoms. The summed E-state index contributed by atoms with van der Waals surface area (Å²) in [6.45, 7) is 3.91. The number of carbonyl (C=O) groups is 3. The maximum absolute atomic E-state index is 12.6. The van der Waals surface area contributed by atoms with Crippen molar-refractivity contribution in [2.45, 2.75) is 20.3 Å². The van der Waals surface area contributed by atoms with Crippen molar-refractivity contribution in [1.29, 1.82) is 0 Å². The first-order valence-corrected chi connectivity index (χ1v) is 12.6. The summed E-state index contributed by atoms with van der Waals surface area (Å²) in [4.78, 5) is 37.5. The molecule has 8 nitrogen and oxygen atoms in total. The average molecular weight is 579 g/mol. The van der Waals surface area contributed by atoms with Crippen molar-refractivity contribution >= 4 is 73.8 Å². The summed E-state index contributed by atoms with van der Waals surface area (Å²) in [5.41, 5.74) is 2.29. The summed E-state index contributed by atoms with van der Waals surface area (Å²) in [7, 11) is 0. The van der Waals surface area contributed by atoms with Gasteiger partial charge in [-0.2, -0.15) is 0 Å². The van der Waals surface area contributed by atoms with Gasteiger partial charge < -0.3 is 19.9 Å². The molecule has 0 unspecified atom stereocenters. The SMILES string of the molecule is CCOc1cc(/C=C2\SC(=S)N(CCC(=O)O)C2=O)ccc1OCC(=O)Nc1ccc(Br)cc1C. The summed E-state index contributed by atoms with van der Waals surface area (Å²) in [6, 6.07) is 10.7. The molecule has 0 atom stereocenters. The molecule has 0 spiro atoms. The second-order valence-corrected chi connectivity index (χ2v) is 10.0. The Hall–Kier alpha value is -2.89. The largest absolute Gasteiger partial charge is 0.490 e. The molecular weight excluding hydrogens is 556 g/mol. The van der Waals surface area contributed by atoms with Gasteiger partial charge in [0.15, 0.2) is 18.1 Å². The molecule has 35 heavy (non-hydrogen) atoms. The lowest BCUT2D eigenvalue weighted by molar-refractivity contribution is -0.137. The number of aliphatic carboxylic acids is 1. The molecule has 2 aromatic carbocycles. The van der Waals surface area contributed by atoms with Crippen LogP contribution in [0.5, 0.6) is 11.5 Å². The number of thioether (sulfide) groups is 1. The average Bonchev–Trinajstić information content (AvgIpc) is 3.06. The third-order valence-corrected chi connectivity index (χ3v) is 6.68. The zero-order valence-corrected chi connectivity index (χ0v) is 22.2. The van der Waals surface area contributed by atoms with Crippen LogP contribution in [0.4, 0.5) is 5.69 Å². The molecule has 1 fully saturated rings. The van der Waals surface area contributed by atoms with Crippen LogP contribution in [-0.4, -0.2) is 51.9 Å². The maximum atomic E-state index is 12.6. The third kappa shape index (κ3) is 7.30. The molecule has 1 aliphatic rings. The third-order valence-electron chi connectivity index (χ3n) is 4.81. The van der Waals surface area contributed by atoms with Crippen LogP contribution in [0.2, 0.25) is 0 Å². The summed E-state index contributed by atoms with van der Waals surface area (Å²) >= 11 is 9.73. The Balaban J connectivity index is 1.69. The van der Waals surface area contributed by atoms with Gasteiger partial charge in [0.25, 0.3) is 11.8 Å². The zero-order chi connectivity index (χ0) is 25.5. The van der Waals surface area contributed by atoms with Crippen LogP contribution in [0.25, 0.3) is 6.08 Å². The molecule has 0 aromatic heterocycles. The molecule has 1 saturated heterocycles. The summed E-state index contributed by atoms with van der Waals surface area (Å²) in [6.07, 6.45) is 1.48. The number of amides is 2. The first-order chi connectivity index (χ1) is 16.7. The van der Waals surface area contributed by atoms with Gasteiger partial charge in [0, 0.05) is 16.7 Å². The molecule has 3 rings (SSSR count). The Morgan fingerprint density at radius 1 is 1.20 bits per heavy atom. The number of hydrogen-bond acceptors (Lipinski definition) is 7. The Kier molecular flexibility index (Phi) is 9.30. The van der Waals surface area contributed by atoms with Gasteiger partial charge in [-0.15, -0.1) is 0 Å². The number of anilines is 1. The molecule has 184 valence electrons. The summed E-state index contributed by atoms with van der Waals surface area (Å²) in [5.74, 6) is -0.831. The number of hydrogen-bond donors (Lipinski definition) is 2. The highest BCUT2D eigenvalue weighted by Crippen LogP contribution is 2.35. The highest BCUT2D eigenvalue weighted by Gasteiger charge is 2.32. The second kappa shape index (κ2) is 12.2. The van der Waals surface area contributed by atoms with Crippen molar-refractivity contribution in [3.63, 3.8) is 0 Å². The van der Waals surface area contributed by atoms with Crippen LogP contribution in [0.1, 0.15) is 24.5 Å². The van der Waals surface area contributed by atoms with Gasteiger partial charge >= 0.3 is 5.97 Å². The van der Waals surface area contributed by atoms with Crippen molar-refractivity contribution in [3.05, 3.63) is 56.9 Å². The number of ether oxygens (including phenoxy) is 2. The molecule has 0 radical (unpaired) electrons. The van der Waals surface area contributed by atoms with Crippen molar-refractivity contribution in [3.8, 4) is 11.5 Å². The van der Waals surface area contributed by atoms with Crippen molar-refractivity contribution < 1.29 is 29.0 Å². The Morgan fingerprint density at radius 3 is 2.66 bits per heavy atom. The highest BCUT2D eigenvalue weighted by molar-refractivity contribution is 9.10. The highest BCUT2D eigenvalue weighted by atomic mass is 79.9. The van der Waals surface area contributed by atoms with E-state index in [0.717, 1.165) is 21.8 Å². The van der Waals surface area contributed by atoms with Crippen molar-refractivity contribution in [1.82, 2.24) is 4.90 Å². The zero-order valence-electron chi connectivity index (χ0n) is 19.0. The smallest absolute Gasteiger partial charge is 0.305 e. The van der Waals surface area contributed by atoms with Gasteiger partial charge in [0.1, 0.15) is 4.32 Å². The van der Waals surface area contributed by atoms with E-state index >= 15 is 0 Å². The van der Waals surface area contributed by atoms with E-state index in [1.165, 1.54) is 4.90 Å². The molecular formula is C24H23BrN2O6S2. The normalized spacial score (nSPS) is 14.4. The van der Waals surface area contributed by atoms with Gasteiger partial charge in [0.2, 0.25) is 0 Å². The van der Waals surface area contributed by atoms with Crippen molar-refractivity contribution in [2.75, 3.05) is 25.1 Å². The van der Waals surface area contributed by atoms with E-state index in [2.05, 4.69) is 21.2 Å².